The van der Waals surface area contributed by atoms with E-state index in [0.29, 0.717) is 30.4 Å². The number of nitrogens with one attached hydrogen (secondary N) is 2. The molecule has 0 spiro atoms. The average Bonchev–Trinajstić information content (AvgIpc) is 3.01. The highest BCUT2D eigenvalue weighted by molar-refractivity contribution is 5.81. The molecule has 0 radical (unpaired) electrons. The van der Waals surface area contributed by atoms with Crippen LogP contribution in [0.4, 0.5) is 5.82 Å². The van der Waals surface area contributed by atoms with Crippen molar-refractivity contribution in [3.8, 4) is 0 Å². The van der Waals surface area contributed by atoms with Crippen molar-refractivity contribution in [2.45, 2.75) is 25.2 Å². The minimum absolute atomic E-state index is 0.520. The van der Waals surface area contributed by atoms with Crippen LogP contribution in [0.5, 0.6) is 0 Å². The van der Waals surface area contributed by atoms with Gasteiger partial charge in [0.05, 0.1) is 6.33 Å². The summed E-state index contributed by atoms with van der Waals surface area (Å²) in [6.07, 6.45) is 6.11. The largest absolute Gasteiger partial charge is 0.368 e. The van der Waals surface area contributed by atoms with Crippen LogP contribution in [0.3, 0.4) is 0 Å². The monoisotopic (exact) mass is 271 g/mol. The Balaban J connectivity index is 1.41. The van der Waals surface area contributed by atoms with Gasteiger partial charge >= 0.3 is 0 Å². The summed E-state index contributed by atoms with van der Waals surface area (Å²) in [5, 5.41) is 7.22. The Labute approximate surface area is 114 Å². The second-order valence-electron chi connectivity index (χ2n) is 4.82. The number of fused-ring (bicyclic) bond motifs is 1. The number of H-pyrrole nitrogens is 1. The Kier molecular flexibility index (Phi) is 2.58. The van der Waals surface area contributed by atoms with Crippen molar-refractivity contribution >= 4 is 17.0 Å². The van der Waals surface area contributed by atoms with E-state index in [-0.39, 0.29) is 0 Å². The molecule has 0 saturated heterocycles. The third kappa shape index (κ3) is 2.09. The maximum atomic E-state index is 5.22. The fourth-order valence-electron chi connectivity index (χ4n) is 2.06. The van der Waals surface area contributed by atoms with E-state index in [9.17, 15) is 0 Å². The van der Waals surface area contributed by atoms with E-state index in [0.717, 1.165) is 17.2 Å². The number of aromatic amines is 1. The number of hydrogen-bond acceptors (Lipinski definition) is 7. The summed E-state index contributed by atoms with van der Waals surface area (Å²) in [6, 6.07) is 0. The van der Waals surface area contributed by atoms with Crippen LogP contribution in [0.25, 0.3) is 11.2 Å². The number of hydrogen-bond donors (Lipinski definition) is 2. The first-order valence-electron chi connectivity index (χ1n) is 6.60. The van der Waals surface area contributed by atoms with E-state index in [4.69, 9.17) is 4.52 Å². The summed E-state index contributed by atoms with van der Waals surface area (Å²) in [5.74, 6) is 2.76. The molecule has 1 aliphatic carbocycles. The molecule has 0 atom stereocenters. The van der Waals surface area contributed by atoms with Crippen molar-refractivity contribution in [1.82, 2.24) is 30.1 Å². The van der Waals surface area contributed by atoms with E-state index in [1.807, 2.05) is 0 Å². The summed E-state index contributed by atoms with van der Waals surface area (Å²) in [7, 11) is 0. The molecule has 0 aliphatic heterocycles. The topological polar surface area (TPSA) is 105 Å². The molecule has 3 aromatic rings. The van der Waals surface area contributed by atoms with Gasteiger partial charge in [0.2, 0.25) is 5.89 Å². The highest BCUT2D eigenvalue weighted by Gasteiger charge is 2.28. The number of aromatic nitrogens is 6. The Morgan fingerprint density at radius 1 is 1.30 bits per heavy atom. The molecule has 1 saturated carbocycles. The van der Waals surface area contributed by atoms with Gasteiger partial charge in [-0.25, -0.2) is 15.0 Å². The van der Waals surface area contributed by atoms with Crippen LogP contribution in [0, 0.1) is 0 Å². The lowest BCUT2D eigenvalue weighted by Crippen LogP contribution is -2.07. The fourth-order valence-corrected chi connectivity index (χ4v) is 2.06. The van der Waals surface area contributed by atoms with Crippen molar-refractivity contribution in [1.29, 1.82) is 0 Å². The molecular weight excluding hydrogens is 258 g/mol. The third-order valence-corrected chi connectivity index (χ3v) is 3.28. The zero-order chi connectivity index (χ0) is 13.4. The quantitative estimate of drug-likeness (QED) is 0.719. The van der Waals surface area contributed by atoms with Gasteiger partial charge in [0.25, 0.3) is 0 Å². The first-order valence-corrected chi connectivity index (χ1v) is 6.60. The van der Waals surface area contributed by atoms with Gasteiger partial charge in [0.15, 0.2) is 17.3 Å². The normalized spacial score (nSPS) is 14.8. The number of nitrogens with zero attached hydrogens (tertiary/aromatic N) is 5. The van der Waals surface area contributed by atoms with Crippen molar-refractivity contribution in [3.05, 3.63) is 24.4 Å². The molecule has 0 bridgehead atoms. The number of imidazole rings is 1. The first kappa shape index (κ1) is 11.3. The maximum absolute atomic E-state index is 5.22. The fraction of sp³-hybridized carbons (Fsp3) is 0.417. The molecule has 8 heteroatoms. The molecule has 3 heterocycles. The predicted octanol–water partition coefficient (Wildman–Crippen LogP) is 1.27. The molecule has 20 heavy (non-hydrogen) atoms. The third-order valence-electron chi connectivity index (χ3n) is 3.28. The summed E-state index contributed by atoms with van der Waals surface area (Å²) in [4.78, 5) is 19.7. The van der Waals surface area contributed by atoms with E-state index < -0.39 is 0 Å². The molecule has 4 rings (SSSR count). The van der Waals surface area contributed by atoms with Crippen molar-refractivity contribution < 1.29 is 4.52 Å². The van der Waals surface area contributed by atoms with E-state index in [2.05, 4.69) is 35.4 Å². The number of anilines is 1. The predicted molar refractivity (Wildman–Crippen MR) is 70.2 cm³/mol. The standard InChI is InChI=1S/C12H13N7O/c1-2-7(1)10-18-8(20-19-10)3-4-13-11-9-12(15-5-14-9)17-6-16-11/h5-7H,1-4H2,(H2,13,14,15,16,17). The van der Waals surface area contributed by atoms with Gasteiger partial charge in [-0.1, -0.05) is 5.16 Å². The molecule has 0 amide bonds. The van der Waals surface area contributed by atoms with E-state index >= 15 is 0 Å². The molecular formula is C12H13N7O. The molecule has 102 valence electrons. The Hall–Kier alpha value is -2.51. The molecule has 0 unspecified atom stereocenters. The summed E-state index contributed by atoms with van der Waals surface area (Å²) < 4.78 is 5.22. The second-order valence-corrected chi connectivity index (χ2v) is 4.82. The van der Waals surface area contributed by atoms with Crippen LogP contribution in [0.1, 0.15) is 30.5 Å². The Bertz CT molecular complexity index is 730. The smallest absolute Gasteiger partial charge is 0.228 e. The first-order chi connectivity index (χ1) is 9.90. The van der Waals surface area contributed by atoms with Crippen molar-refractivity contribution in [3.63, 3.8) is 0 Å². The van der Waals surface area contributed by atoms with Crippen molar-refractivity contribution in [2.75, 3.05) is 11.9 Å². The minimum Gasteiger partial charge on any atom is -0.368 e. The highest BCUT2D eigenvalue weighted by atomic mass is 16.5. The van der Waals surface area contributed by atoms with E-state index in [1.54, 1.807) is 6.33 Å². The van der Waals surface area contributed by atoms with Gasteiger partial charge < -0.3 is 14.8 Å². The zero-order valence-corrected chi connectivity index (χ0v) is 10.7. The average molecular weight is 271 g/mol. The van der Waals surface area contributed by atoms with Gasteiger partial charge in [0, 0.05) is 18.9 Å². The van der Waals surface area contributed by atoms with E-state index in [1.165, 1.54) is 19.2 Å². The molecule has 3 aromatic heterocycles. The molecule has 0 aromatic carbocycles. The molecule has 1 fully saturated rings. The zero-order valence-electron chi connectivity index (χ0n) is 10.7. The SMILES string of the molecule is c1nc(NCCc2nc(C3CC3)no2)c2[nH]cnc2n1. The van der Waals surface area contributed by atoms with Crippen LogP contribution in [0.2, 0.25) is 0 Å². The lowest BCUT2D eigenvalue weighted by atomic mass is 10.4. The molecule has 8 nitrogen and oxygen atoms in total. The Morgan fingerprint density at radius 3 is 3.15 bits per heavy atom. The lowest BCUT2D eigenvalue weighted by Gasteiger charge is -2.03. The highest BCUT2D eigenvalue weighted by Crippen LogP contribution is 2.38. The van der Waals surface area contributed by atoms with Crippen LogP contribution in [-0.4, -0.2) is 36.6 Å². The second kappa shape index (κ2) is 4.55. The van der Waals surface area contributed by atoms with Crippen LogP contribution >= 0.6 is 0 Å². The summed E-state index contributed by atoms with van der Waals surface area (Å²) in [6.45, 7) is 0.664. The maximum Gasteiger partial charge on any atom is 0.228 e. The van der Waals surface area contributed by atoms with Crippen LogP contribution in [-0.2, 0) is 6.42 Å². The summed E-state index contributed by atoms with van der Waals surface area (Å²) >= 11 is 0. The van der Waals surface area contributed by atoms with Gasteiger partial charge in [-0.2, -0.15) is 4.98 Å². The number of rotatable bonds is 5. The Morgan fingerprint density at radius 2 is 2.25 bits per heavy atom. The van der Waals surface area contributed by atoms with Crippen molar-refractivity contribution in [2.24, 2.45) is 0 Å². The van der Waals surface area contributed by atoms with Crippen LogP contribution in [0.15, 0.2) is 17.2 Å². The van der Waals surface area contributed by atoms with Gasteiger partial charge in [-0.3, -0.25) is 0 Å². The van der Waals surface area contributed by atoms with Gasteiger partial charge in [0.1, 0.15) is 11.8 Å². The van der Waals surface area contributed by atoms with Gasteiger partial charge in [-0.05, 0) is 12.8 Å². The van der Waals surface area contributed by atoms with Crippen LogP contribution < -0.4 is 5.32 Å². The molecule has 2 N–H and O–H groups in total. The minimum atomic E-state index is 0.520. The molecule has 1 aliphatic rings. The summed E-state index contributed by atoms with van der Waals surface area (Å²) in [5.41, 5.74) is 1.45. The lowest BCUT2D eigenvalue weighted by molar-refractivity contribution is 0.375. The van der Waals surface area contributed by atoms with Gasteiger partial charge in [-0.15, -0.1) is 0 Å².